The molecule has 0 radical (unpaired) electrons. The lowest BCUT2D eigenvalue weighted by Crippen LogP contribution is -2.35. The third-order valence-corrected chi connectivity index (χ3v) is 1.90. The van der Waals surface area contributed by atoms with E-state index >= 15 is 0 Å². The Kier molecular flexibility index (Phi) is 8.69. The number of aliphatic imine (C=N–C) groups is 1. The van der Waals surface area contributed by atoms with Crippen molar-refractivity contribution < 1.29 is 14.3 Å². The highest BCUT2D eigenvalue weighted by Crippen LogP contribution is 2.06. The van der Waals surface area contributed by atoms with Crippen molar-refractivity contribution in [1.82, 2.24) is 10.6 Å². The van der Waals surface area contributed by atoms with Gasteiger partial charge in [0.2, 0.25) is 0 Å². The average Bonchev–Trinajstić information content (AvgIpc) is 2.26. The van der Waals surface area contributed by atoms with Crippen molar-refractivity contribution in [3.8, 4) is 0 Å². The normalized spacial score (nSPS) is 12.1. The molecule has 1 amide bonds. The van der Waals surface area contributed by atoms with Gasteiger partial charge in [-0.1, -0.05) is 0 Å². The minimum absolute atomic E-state index is 0.384. The van der Waals surface area contributed by atoms with Gasteiger partial charge in [0.15, 0.2) is 5.96 Å². The van der Waals surface area contributed by atoms with E-state index in [0.717, 1.165) is 0 Å². The number of ether oxygens (including phenoxy) is 2. The first kappa shape index (κ1) is 17.5. The highest BCUT2D eigenvalue weighted by molar-refractivity contribution is 5.77. The number of nitrogens with two attached hydrogens (primary N) is 1. The van der Waals surface area contributed by atoms with Crippen LogP contribution in [0, 0.1) is 0 Å². The highest BCUT2D eigenvalue weighted by atomic mass is 16.6. The van der Waals surface area contributed by atoms with E-state index in [0.29, 0.717) is 38.6 Å². The van der Waals surface area contributed by atoms with E-state index in [9.17, 15) is 4.79 Å². The molecule has 19 heavy (non-hydrogen) atoms. The van der Waals surface area contributed by atoms with Crippen molar-refractivity contribution in [2.45, 2.75) is 32.8 Å². The fraction of sp³-hybridized carbons (Fsp3) is 0.833. The van der Waals surface area contributed by atoms with Crippen LogP contribution in [-0.4, -0.2) is 51.0 Å². The van der Waals surface area contributed by atoms with E-state index < -0.39 is 11.7 Å². The summed E-state index contributed by atoms with van der Waals surface area (Å²) in [6.07, 6.45) is 0.286. The zero-order valence-electron chi connectivity index (χ0n) is 12.3. The summed E-state index contributed by atoms with van der Waals surface area (Å²) >= 11 is 0. The molecule has 0 aliphatic heterocycles. The minimum Gasteiger partial charge on any atom is -0.444 e. The Balaban J connectivity index is 3.58. The molecule has 0 fully saturated rings. The van der Waals surface area contributed by atoms with Gasteiger partial charge in [-0.25, -0.2) is 4.79 Å². The molecule has 0 aliphatic rings. The number of carbonyl (C=O) groups excluding carboxylic acids is 1. The van der Waals surface area contributed by atoms with Gasteiger partial charge in [-0.05, 0) is 27.2 Å². The first-order valence-electron chi connectivity index (χ1n) is 6.34. The second-order valence-corrected chi connectivity index (χ2v) is 4.97. The van der Waals surface area contributed by atoms with Gasteiger partial charge >= 0.3 is 6.09 Å². The predicted molar refractivity (Wildman–Crippen MR) is 75.2 cm³/mol. The quantitative estimate of drug-likeness (QED) is 0.356. The average molecular weight is 274 g/mol. The molecule has 0 rings (SSSR count). The third-order valence-electron chi connectivity index (χ3n) is 1.90. The number of nitrogens with zero attached hydrogens (tertiary/aromatic N) is 1. The van der Waals surface area contributed by atoms with Crippen LogP contribution in [0.5, 0.6) is 0 Å². The zero-order valence-corrected chi connectivity index (χ0v) is 12.3. The zero-order chi connectivity index (χ0) is 14.7. The number of methoxy groups -OCH3 is 1. The standard InChI is InChI=1S/C12H26N4O3/c1-12(2,3)19-11(17)16-7-5-6-14-10(13)15-8-9-18-4/h5-9H2,1-4H3,(H,16,17)(H3,13,14,15). The third kappa shape index (κ3) is 12.7. The molecule has 0 saturated carbocycles. The lowest BCUT2D eigenvalue weighted by molar-refractivity contribution is 0.0527. The molecule has 0 aromatic rings. The van der Waals surface area contributed by atoms with Crippen LogP contribution in [0.3, 0.4) is 0 Å². The number of guanidine groups is 1. The Bertz CT molecular complexity index is 287. The maximum Gasteiger partial charge on any atom is 0.407 e. The molecule has 0 saturated heterocycles. The van der Waals surface area contributed by atoms with Crippen LogP contribution >= 0.6 is 0 Å². The van der Waals surface area contributed by atoms with Gasteiger partial charge in [0.1, 0.15) is 5.60 Å². The highest BCUT2D eigenvalue weighted by Gasteiger charge is 2.15. The van der Waals surface area contributed by atoms with Crippen molar-refractivity contribution in [3.05, 3.63) is 0 Å². The molecule has 0 unspecified atom stereocenters. The monoisotopic (exact) mass is 274 g/mol. The summed E-state index contributed by atoms with van der Waals surface area (Å²) in [5, 5.41) is 5.56. The summed E-state index contributed by atoms with van der Waals surface area (Å²) in [5.74, 6) is 0.384. The van der Waals surface area contributed by atoms with E-state index in [2.05, 4.69) is 15.6 Å². The lowest BCUT2D eigenvalue weighted by Gasteiger charge is -2.19. The summed E-state index contributed by atoms with van der Waals surface area (Å²) in [6.45, 7) is 7.72. The molecule has 0 aromatic heterocycles. The molecule has 0 aromatic carbocycles. The van der Waals surface area contributed by atoms with Gasteiger partial charge in [-0.15, -0.1) is 0 Å². The van der Waals surface area contributed by atoms with Crippen LogP contribution in [0.1, 0.15) is 27.2 Å². The van der Waals surface area contributed by atoms with E-state index in [1.807, 2.05) is 20.8 Å². The number of nitrogens with one attached hydrogen (secondary N) is 2. The molecule has 0 spiro atoms. The van der Waals surface area contributed by atoms with Gasteiger partial charge in [0.05, 0.1) is 6.61 Å². The van der Waals surface area contributed by atoms with E-state index in [1.165, 1.54) is 0 Å². The molecule has 0 heterocycles. The summed E-state index contributed by atoms with van der Waals surface area (Å²) in [4.78, 5) is 15.4. The van der Waals surface area contributed by atoms with Crippen LogP contribution in [0.15, 0.2) is 4.99 Å². The van der Waals surface area contributed by atoms with Crippen LogP contribution in [0.2, 0.25) is 0 Å². The van der Waals surface area contributed by atoms with E-state index in [4.69, 9.17) is 15.2 Å². The number of amides is 1. The van der Waals surface area contributed by atoms with Crippen LogP contribution in [0.4, 0.5) is 4.79 Å². The SMILES string of the molecule is COCCNC(N)=NCCCNC(=O)OC(C)(C)C. The van der Waals surface area contributed by atoms with Crippen molar-refractivity contribution in [2.24, 2.45) is 10.7 Å². The molecular weight excluding hydrogens is 248 g/mol. The van der Waals surface area contributed by atoms with Gasteiger partial charge in [-0.2, -0.15) is 0 Å². The van der Waals surface area contributed by atoms with Crippen LogP contribution < -0.4 is 16.4 Å². The molecule has 112 valence electrons. The van der Waals surface area contributed by atoms with Crippen molar-refractivity contribution >= 4 is 12.1 Å². The van der Waals surface area contributed by atoms with Gasteiger partial charge < -0.3 is 25.8 Å². The molecular formula is C12H26N4O3. The Morgan fingerprint density at radius 1 is 1.26 bits per heavy atom. The number of hydrogen-bond acceptors (Lipinski definition) is 4. The van der Waals surface area contributed by atoms with Crippen LogP contribution in [0.25, 0.3) is 0 Å². The second-order valence-electron chi connectivity index (χ2n) is 4.97. The first-order chi connectivity index (χ1) is 8.85. The summed E-state index contributed by atoms with van der Waals surface area (Å²) in [6, 6.07) is 0. The van der Waals surface area contributed by atoms with Gasteiger partial charge in [-0.3, -0.25) is 4.99 Å². The Labute approximate surface area is 114 Å². The Morgan fingerprint density at radius 3 is 2.53 bits per heavy atom. The van der Waals surface area contributed by atoms with Gasteiger partial charge in [0.25, 0.3) is 0 Å². The summed E-state index contributed by atoms with van der Waals surface area (Å²) in [5.41, 5.74) is 5.14. The number of rotatable bonds is 7. The fourth-order valence-electron chi connectivity index (χ4n) is 1.12. The van der Waals surface area contributed by atoms with Crippen molar-refractivity contribution in [1.29, 1.82) is 0 Å². The van der Waals surface area contributed by atoms with Crippen molar-refractivity contribution in [3.63, 3.8) is 0 Å². The molecule has 4 N–H and O–H groups in total. The number of alkyl carbamates (subject to hydrolysis) is 1. The Morgan fingerprint density at radius 2 is 1.95 bits per heavy atom. The molecule has 0 aliphatic carbocycles. The van der Waals surface area contributed by atoms with Crippen LogP contribution in [-0.2, 0) is 9.47 Å². The summed E-state index contributed by atoms with van der Waals surface area (Å²) in [7, 11) is 1.62. The van der Waals surface area contributed by atoms with Crippen molar-refractivity contribution in [2.75, 3.05) is 33.4 Å². The number of hydrogen-bond donors (Lipinski definition) is 3. The second kappa shape index (κ2) is 9.43. The fourth-order valence-corrected chi connectivity index (χ4v) is 1.12. The van der Waals surface area contributed by atoms with E-state index in [1.54, 1.807) is 7.11 Å². The lowest BCUT2D eigenvalue weighted by atomic mass is 10.2. The minimum atomic E-state index is -0.474. The molecule has 0 atom stereocenters. The molecule has 7 nitrogen and oxygen atoms in total. The predicted octanol–water partition coefficient (Wildman–Crippen LogP) is 0.452. The largest absolute Gasteiger partial charge is 0.444 e. The number of carbonyl (C=O) groups is 1. The first-order valence-corrected chi connectivity index (χ1v) is 6.34. The maximum absolute atomic E-state index is 11.3. The molecule has 0 bridgehead atoms. The molecule has 7 heteroatoms. The van der Waals surface area contributed by atoms with Gasteiger partial charge in [0, 0.05) is 26.7 Å². The summed E-state index contributed by atoms with van der Waals surface area (Å²) < 4.78 is 9.96. The van der Waals surface area contributed by atoms with E-state index in [-0.39, 0.29) is 0 Å². The maximum atomic E-state index is 11.3. The topological polar surface area (TPSA) is 98.0 Å². The Hall–Kier alpha value is -1.50. The smallest absolute Gasteiger partial charge is 0.407 e.